The van der Waals surface area contributed by atoms with Gasteiger partial charge in [0.05, 0.1) is 0 Å². The van der Waals surface area contributed by atoms with Crippen LogP contribution in [0.4, 0.5) is 0 Å². The minimum atomic E-state index is 0.371. The Balaban J connectivity index is 2.00. The second-order valence-corrected chi connectivity index (χ2v) is 4.70. The third-order valence-electron chi connectivity index (χ3n) is 3.43. The van der Waals surface area contributed by atoms with E-state index in [-0.39, 0.29) is 0 Å². The Labute approximate surface area is 86.3 Å². The third kappa shape index (κ3) is 1.83. The van der Waals surface area contributed by atoms with Crippen molar-refractivity contribution < 1.29 is 0 Å². The summed E-state index contributed by atoms with van der Waals surface area (Å²) in [5.74, 6) is 1.52. The molecule has 0 spiro atoms. The highest BCUT2D eigenvalue weighted by Crippen LogP contribution is 2.42. The first-order chi connectivity index (χ1) is 6.66. The quantitative estimate of drug-likeness (QED) is 0.760. The van der Waals surface area contributed by atoms with E-state index >= 15 is 0 Å². The van der Waals surface area contributed by atoms with Crippen LogP contribution in [-0.4, -0.2) is 6.04 Å². The first-order valence-corrected chi connectivity index (χ1v) is 5.49. The maximum atomic E-state index is 5.87. The SMILES string of the molecule is Cc1cccc(C2CC(C(C)N)C2)c1. The first-order valence-electron chi connectivity index (χ1n) is 5.49. The van der Waals surface area contributed by atoms with Crippen molar-refractivity contribution in [3.8, 4) is 0 Å². The van der Waals surface area contributed by atoms with E-state index in [0.29, 0.717) is 6.04 Å². The lowest BCUT2D eigenvalue weighted by Crippen LogP contribution is -2.36. The van der Waals surface area contributed by atoms with Crippen molar-refractivity contribution >= 4 is 0 Å². The number of benzene rings is 1. The zero-order valence-electron chi connectivity index (χ0n) is 9.03. The lowest BCUT2D eigenvalue weighted by atomic mass is 9.69. The van der Waals surface area contributed by atoms with E-state index in [4.69, 9.17) is 5.73 Å². The predicted molar refractivity (Wildman–Crippen MR) is 60.3 cm³/mol. The van der Waals surface area contributed by atoms with Crippen molar-refractivity contribution in [3.63, 3.8) is 0 Å². The highest BCUT2D eigenvalue weighted by molar-refractivity contribution is 5.27. The molecule has 0 amide bonds. The number of aryl methyl sites for hydroxylation is 1. The van der Waals surface area contributed by atoms with Crippen molar-refractivity contribution in [1.82, 2.24) is 0 Å². The summed E-state index contributed by atoms with van der Waals surface area (Å²) in [5, 5.41) is 0. The van der Waals surface area contributed by atoms with Gasteiger partial charge in [-0.05, 0) is 44.1 Å². The highest BCUT2D eigenvalue weighted by Gasteiger charge is 2.32. The average Bonchev–Trinajstić information content (AvgIpc) is 2.00. The maximum absolute atomic E-state index is 5.87. The molecule has 0 aliphatic heterocycles. The minimum absolute atomic E-state index is 0.371. The Morgan fingerprint density at radius 3 is 2.64 bits per heavy atom. The van der Waals surface area contributed by atoms with Crippen LogP contribution in [0.5, 0.6) is 0 Å². The summed E-state index contributed by atoms with van der Waals surface area (Å²) < 4.78 is 0. The largest absolute Gasteiger partial charge is 0.328 e. The van der Waals surface area contributed by atoms with Crippen molar-refractivity contribution in [1.29, 1.82) is 0 Å². The van der Waals surface area contributed by atoms with E-state index in [1.807, 2.05) is 0 Å². The van der Waals surface area contributed by atoms with Gasteiger partial charge in [-0.15, -0.1) is 0 Å². The molecule has 1 heteroatoms. The lowest BCUT2D eigenvalue weighted by molar-refractivity contribution is 0.229. The Morgan fingerprint density at radius 1 is 1.36 bits per heavy atom. The fourth-order valence-electron chi connectivity index (χ4n) is 2.29. The fraction of sp³-hybridized carbons (Fsp3) is 0.538. The van der Waals surface area contributed by atoms with Crippen LogP contribution in [0.2, 0.25) is 0 Å². The van der Waals surface area contributed by atoms with E-state index in [1.54, 1.807) is 0 Å². The van der Waals surface area contributed by atoms with Gasteiger partial charge in [0, 0.05) is 6.04 Å². The van der Waals surface area contributed by atoms with Crippen molar-refractivity contribution in [2.24, 2.45) is 11.7 Å². The van der Waals surface area contributed by atoms with Gasteiger partial charge in [0.25, 0.3) is 0 Å². The summed E-state index contributed by atoms with van der Waals surface area (Å²) in [6.45, 7) is 4.28. The Bertz CT molecular complexity index is 311. The molecular formula is C13H19N. The van der Waals surface area contributed by atoms with E-state index in [2.05, 4.69) is 38.1 Å². The van der Waals surface area contributed by atoms with Gasteiger partial charge in [-0.3, -0.25) is 0 Å². The molecule has 2 N–H and O–H groups in total. The normalized spacial score (nSPS) is 28.2. The number of hydrogen-bond donors (Lipinski definition) is 1. The molecule has 1 fully saturated rings. The smallest absolute Gasteiger partial charge is 0.00391 e. The van der Waals surface area contributed by atoms with Crippen LogP contribution in [0.25, 0.3) is 0 Å². The Morgan fingerprint density at radius 2 is 2.07 bits per heavy atom. The zero-order valence-corrected chi connectivity index (χ0v) is 9.03. The van der Waals surface area contributed by atoms with E-state index in [0.717, 1.165) is 11.8 Å². The molecule has 2 rings (SSSR count). The van der Waals surface area contributed by atoms with E-state index < -0.39 is 0 Å². The molecule has 1 aromatic rings. The van der Waals surface area contributed by atoms with Gasteiger partial charge in [-0.1, -0.05) is 29.8 Å². The molecular weight excluding hydrogens is 170 g/mol. The van der Waals surface area contributed by atoms with Gasteiger partial charge >= 0.3 is 0 Å². The average molecular weight is 189 g/mol. The lowest BCUT2D eigenvalue weighted by Gasteiger charge is -2.38. The summed E-state index contributed by atoms with van der Waals surface area (Å²) in [7, 11) is 0. The molecule has 0 heterocycles. The predicted octanol–water partition coefficient (Wildman–Crippen LogP) is 2.84. The van der Waals surface area contributed by atoms with Gasteiger partial charge in [0.15, 0.2) is 0 Å². The van der Waals surface area contributed by atoms with Crippen molar-refractivity contribution in [3.05, 3.63) is 35.4 Å². The first kappa shape index (κ1) is 9.72. The van der Waals surface area contributed by atoms with Crippen molar-refractivity contribution in [2.75, 3.05) is 0 Å². The van der Waals surface area contributed by atoms with E-state index in [1.165, 1.54) is 24.0 Å². The summed E-state index contributed by atoms with van der Waals surface area (Å²) in [6, 6.07) is 9.24. The van der Waals surface area contributed by atoms with Crippen LogP contribution in [0.3, 0.4) is 0 Å². The molecule has 1 nitrogen and oxygen atoms in total. The van der Waals surface area contributed by atoms with Crippen LogP contribution in [0, 0.1) is 12.8 Å². The summed E-state index contributed by atoms with van der Waals surface area (Å²) in [4.78, 5) is 0. The third-order valence-corrected chi connectivity index (χ3v) is 3.43. The maximum Gasteiger partial charge on any atom is 0.00391 e. The molecule has 1 atom stereocenters. The molecule has 1 aromatic carbocycles. The summed E-state index contributed by atoms with van der Waals surface area (Å²) in [6.07, 6.45) is 2.56. The number of rotatable bonds is 2. The number of nitrogens with two attached hydrogens (primary N) is 1. The van der Waals surface area contributed by atoms with Gasteiger partial charge in [0.1, 0.15) is 0 Å². The monoisotopic (exact) mass is 189 g/mol. The molecule has 1 unspecified atom stereocenters. The molecule has 0 aromatic heterocycles. The second kappa shape index (κ2) is 3.74. The van der Waals surface area contributed by atoms with Crippen molar-refractivity contribution in [2.45, 2.75) is 38.6 Å². The Kier molecular flexibility index (Phi) is 2.60. The van der Waals surface area contributed by atoms with Crippen LogP contribution in [0.1, 0.15) is 36.8 Å². The number of hydrogen-bond acceptors (Lipinski definition) is 1. The van der Waals surface area contributed by atoms with Crippen LogP contribution >= 0.6 is 0 Å². The molecule has 0 bridgehead atoms. The van der Waals surface area contributed by atoms with Gasteiger partial charge in [-0.2, -0.15) is 0 Å². The summed E-state index contributed by atoms with van der Waals surface area (Å²) >= 11 is 0. The highest BCUT2D eigenvalue weighted by atomic mass is 14.6. The van der Waals surface area contributed by atoms with Crippen LogP contribution in [0.15, 0.2) is 24.3 Å². The molecule has 1 aliphatic rings. The van der Waals surface area contributed by atoms with Gasteiger partial charge in [0.2, 0.25) is 0 Å². The standard InChI is InChI=1S/C13H19N/c1-9-4-3-5-11(6-9)13-7-12(8-13)10(2)14/h3-6,10,12-13H,7-8,14H2,1-2H3. The van der Waals surface area contributed by atoms with Gasteiger partial charge in [-0.25, -0.2) is 0 Å². The zero-order chi connectivity index (χ0) is 10.1. The topological polar surface area (TPSA) is 26.0 Å². The molecule has 0 saturated heterocycles. The van der Waals surface area contributed by atoms with E-state index in [9.17, 15) is 0 Å². The van der Waals surface area contributed by atoms with Gasteiger partial charge < -0.3 is 5.73 Å². The Hall–Kier alpha value is -0.820. The molecule has 76 valence electrons. The minimum Gasteiger partial charge on any atom is -0.328 e. The fourth-order valence-corrected chi connectivity index (χ4v) is 2.29. The molecule has 14 heavy (non-hydrogen) atoms. The summed E-state index contributed by atoms with van der Waals surface area (Å²) in [5.41, 5.74) is 8.74. The molecule has 1 aliphatic carbocycles. The second-order valence-electron chi connectivity index (χ2n) is 4.70. The van der Waals surface area contributed by atoms with Crippen LogP contribution in [-0.2, 0) is 0 Å². The molecule has 1 saturated carbocycles. The molecule has 0 radical (unpaired) electrons. The van der Waals surface area contributed by atoms with Crippen LogP contribution < -0.4 is 5.73 Å².